The predicted octanol–water partition coefficient (Wildman–Crippen LogP) is 4.79. The largest absolute Gasteiger partial charge is 0.487 e. The molecule has 0 aliphatic heterocycles. The summed E-state index contributed by atoms with van der Waals surface area (Å²) in [5.41, 5.74) is 1.71. The summed E-state index contributed by atoms with van der Waals surface area (Å²) >= 11 is 11.9. The lowest BCUT2D eigenvalue weighted by Gasteiger charge is -2.09. The van der Waals surface area contributed by atoms with E-state index >= 15 is 0 Å². The van der Waals surface area contributed by atoms with Gasteiger partial charge in [-0.3, -0.25) is 0 Å². The van der Waals surface area contributed by atoms with E-state index in [1.165, 1.54) is 0 Å². The van der Waals surface area contributed by atoms with Crippen LogP contribution >= 0.6 is 23.2 Å². The molecule has 0 aliphatic carbocycles. The van der Waals surface area contributed by atoms with Crippen molar-refractivity contribution in [3.8, 4) is 5.75 Å². The van der Waals surface area contributed by atoms with E-state index in [0.29, 0.717) is 22.5 Å². The van der Waals surface area contributed by atoms with Gasteiger partial charge < -0.3 is 10.1 Å². The third kappa shape index (κ3) is 4.29. The summed E-state index contributed by atoms with van der Waals surface area (Å²) in [4.78, 5) is 4.14. The maximum Gasteiger partial charge on any atom is 0.132 e. The normalized spacial score (nSPS) is 10.3. The Bertz CT molecular complexity index is 558. The van der Waals surface area contributed by atoms with Gasteiger partial charge in [0.05, 0.1) is 10.7 Å². The number of hydrogen-bond donors (Lipinski definition) is 1. The second-order valence-corrected chi connectivity index (χ2v) is 5.10. The standard InChI is InChI=1S/C15H16Cl2N2O/c1-2-9-18-11-3-5-12(6-4-11)20-10-14-13(16)7-8-15(17)19-14/h3-8,18H,2,9-10H2,1H3. The molecule has 106 valence electrons. The summed E-state index contributed by atoms with van der Waals surface area (Å²) in [5.74, 6) is 0.768. The average molecular weight is 311 g/mol. The average Bonchev–Trinajstić information content (AvgIpc) is 2.47. The fraction of sp³-hybridized carbons (Fsp3) is 0.267. The van der Waals surface area contributed by atoms with E-state index in [1.54, 1.807) is 12.1 Å². The van der Waals surface area contributed by atoms with E-state index in [4.69, 9.17) is 27.9 Å². The molecule has 0 amide bonds. The summed E-state index contributed by atoms with van der Waals surface area (Å²) < 4.78 is 5.65. The Labute approximate surface area is 128 Å². The van der Waals surface area contributed by atoms with Gasteiger partial charge in [0, 0.05) is 12.2 Å². The maximum atomic E-state index is 6.03. The number of pyridine rings is 1. The maximum absolute atomic E-state index is 6.03. The molecule has 5 heteroatoms. The van der Waals surface area contributed by atoms with Crippen LogP contribution in [0.4, 0.5) is 5.69 Å². The van der Waals surface area contributed by atoms with Gasteiger partial charge in [-0.1, -0.05) is 30.1 Å². The van der Waals surface area contributed by atoms with Crippen LogP contribution in [0.25, 0.3) is 0 Å². The molecule has 0 saturated heterocycles. The number of hydrogen-bond acceptors (Lipinski definition) is 3. The van der Waals surface area contributed by atoms with Gasteiger partial charge in [0.1, 0.15) is 17.5 Å². The van der Waals surface area contributed by atoms with Crippen molar-refractivity contribution < 1.29 is 4.74 Å². The second kappa shape index (κ2) is 7.36. The van der Waals surface area contributed by atoms with Crippen LogP contribution in [-0.2, 0) is 6.61 Å². The van der Waals surface area contributed by atoms with Crippen molar-refractivity contribution in [3.05, 3.63) is 52.3 Å². The van der Waals surface area contributed by atoms with Crippen molar-refractivity contribution in [2.24, 2.45) is 0 Å². The summed E-state index contributed by atoms with van der Waals surface area (Å²) in [6.07, 6.45) is 1.09. The van der Waals surface area contributed by atoms with E-state index in [0.717, 1.165) is 24.4 Å². The van der Waals surface area contributed by atoms with Crippen molar-refractivity contribution in [1.29, 1.82) is 0 Å². The Hall–Kier alpha value is -1.45. The molecular formula is C15H16Cl2N2O. The molecule has 1 N–H and O–H groups in total. The minimum absolute atomic E-state index is 0.293. The van der Waals surface area contributed by atoms with Gasteiger partial charge in [-0.2, -0.15) is 0 Å². The fourth-order valence-electron chi connectivity index (χ4n) is 1.65. The number of halogens is 2. The number of benzene rings is 1. The van der Waals surface area contributed by atoms with Crippen molar-refractivity contribution in [3.63, 3.8) is 0 Å². The molecule has 20 heavy (non-hydrogen) atoms. The summed E-state index contributed by atoms with van der Waals surface area (Å²) in [7, 11) is 0. The monoisotopic (exact) mass is 310 g/mol. The highest BCUT2D eigenvalue weighted by molar-refractivity contribution is 6.32. The highest BCUT2D eigenvalue weighted by Crippen LogP contribution is 2.20. The molecule has 1 aromatic carbocycles. The number of nitrogens with zero attached hydrogens (tertiary/aromatic N) is 1. The Kier molecular flexibility index (Phi) is 5.50. The van der Waals surface area contributed by atoms with E-state index in [1.807, 2.05) is 24.3 Å². The molecule has 0 fully saturated rings. The lowest BCUT2D eigenvalue weighted by Crippen LogP contribution is -2.01. The van der Waals surface area contributed by atoms with Gasteiger partial charge in [0.2, 0.25) is 0 Å². The zero-order valence-corrected chi connectivity index (χ0v) is 12.7. The highest BCUT2D eigenvalue weighted by Gasteiger charge is 2.04. The minimum atomic E-state index is 0.293. The van der Waals surface area contributed by atoms with Crippen molar-refractivity contribution in [2.45, 2.75) is 20.0 Å². The zero-order chi connectivity index (χ0) is 14.4. The predicted molar refractivity (Wildman–Crippen MR) is 83.8 cm³/mol. The van der Waals surface area contributed by atoms with Crippen LogP contribution in [0.1, 0.15) is 19.0 Å². The Morgan fingerprint density at radius 1 is 1.10 bits per heavy atom. The molecule has 0 spiro atoms. The Balaban J connectivity index is 1.95. The molecule has 0 atom stereocenters. The van der Waals surface area contributed by atoms with Crippen LogP contribution in [0, 0.1) is 0 Å². The molecule has 0 radical (unpaired) electrons. The lowest BCUT2D eigenvalue weighted by molar-refractivity contribution is 0.301. The van der Waals surface area contributed by atoms with Gasteiger partial charge in [-0.25, -0.2) is 4.98 Å². The first-order chi connectivity index (χ1) is 9.69. The fourth-order valence-corrected chi connectivity index (χ4v) is 1.97. The number of nitrogens with one attached hydrogen (secondary N) is 1. The van der Waals surface area contributed by atoms with Gasteiger partial charge in [0.25, 0.3) is 0 Å². The summed E-state index contributed by atoms with van der Waals surface area (Å²) in [6, 6.07) is 11.2. The van der Waals surface area contributed by atoms with Crippen LogP contribution in [0.15, 0.2) is 36.4 Å². The second-order valence-electron chi connectivity index (χ2n) is 4.30. The highest BCUT2D eigenvalue weighted by atomic mass is 35.5. The summed E-state index contributed by atoms with van der Waals surface area (Å²) in [5, 5.41) is 4.27. The summed E-state index contributed by atoms with van der Waals surface area (Å²) in [6.45, 7) is 3.38. The lowest BCUT2D eigenvalue weighted by atomic mass is 10.3. The van der Waals surface area contributed by atoms with Gasteiger partial charge in [0.15, 0.2) is 0 Å². The van der Waals surface area contributed by atoms with E-state index in [-0.39, 0.29) is 0 Å². The molecule has 3 nitrogen and oxygen atoms in total. The SMILES string of the molecule is CCCNc1ccc(OCc2nc(Cl)ccc2Cl)cc1. The van der Waals surface area contributed by atoms with Gasteiger partial charge >= 0.3 is 0 Å². The van der Waals surface area contributed by atoms with Crippen LogP contribution in [0.2, 0.25) is 10.2 Å². The Morgan fingerprint density at radius 3 is 2.55 bits per heavy atom. The molecule has 0 bridgehead atoms. The van der Waals surface area contributed by atoms with Crippen molar-refractivity contribution >= 4 is 28.9 Å². The van der Waals surface area contributed by atoms with Gasteiger partial charge in [-0.15, -0.1) is 0 Å². The third-order valence-corrected chi connectivity index (χ3v) is 3.25. The first kappa shape index (κ1) is 14.9. The molecule has 1 aromatic heterocycles. The molecule has 1 heterocycles. The smallest absolute Gasteiger partial charge is 0.132 e. The first-order valence-corrected chi connectivity index (χ1v) is 7.22. The van der Waals surface area contributed by atoms with Gasteiger partial charge in [-0.05, 0) is 42.8 Å². The van der Waals surface area contributed by atoms with Crippen LogP contribution in [0.3, 0.4) is 0 Å². The molecule has 2 rings (SSSR count). The third-order valence-electron chi connectivity index (χ3n) is 2.69. The van der Waals surface area contributed by atoms with Crippen LogP contribution in [0.5, 0.6) is 5.75 Å². The van der Waals surface area contributed by atoms with Crippen LogP contribution < -0.4 is 10.1 Å². The number of anilines is 1. The minimum Gasteiger partial charge on any atom is -0.487 e. The zero-order valence-electron chi connectivity index (χ0n) is 11.2. The topological polar surface area (TPSA) is 34.1 Å². The van der Waals surface area contributed by atoms with Crippen molar-refractivity contribution in [1.82, 2.24) is 4.98 Å². The molecule has 0 aliphatic rings. The molecule has 0 unspecified atom stereocenters. The molecule has 2 aromatic rings. The quantitative estimate of drug-likeness (QED) is 0.779. The van der Waals surface area contributed by atoms with Crippen molar-refractivity contribution in [2.75, 3.05) is 11.9 Å². The number of aromatic nitrogens is 1. The Morgan fingerprint density at radius 2 is 1.85 bits per heavy atom. The molecule has 0 saturated carbocycles. The van der Waals surface area contributed by atoms with E-state index in [2.05, 4.69) is 17.2 Å². The molecular weight excluding hydrogens is 295 g/mol. The van der Waals surface area contributed by atoms with E-state index < -0.39 is 0 Å². The van der Waals surface area contributed by atoms with Crippen LogP contribution in [-0.4, -0.2) is 11.5 Å². The number of ether oxygens (including phenoxy) is 1. The first-order valence-electron chi connectivity index (χ1n) is 6.46. The number of rotatable bonds is 6. The van der Waals surface area contributed by atoms with E-state index in [9.17, 15) is 0 Å².